The number of hydrogen-bond donors (Lipinski definition) is 2. The summed E-state index contributed by atoms with van der Waals surface area (Å²) in [6.07, 6.45) is 4.50. The molecule has 1 aromatic carbocycles. The van der Waals surface area contributed by atoms with Gasteiger partial charge in [-0.3, -0.25) is 9.89 Å². The van der Waals surface area contributed by atoms with Crippen molar-refractivity contribution < 1.29 is 8.42 Å². The molecule has 1 heterocycles. The van der Waals surface area contributed by atoms with Gasteiger partial charge in [-0.05, 0) is 44.8 Å². The van der Waals surface area contributed by atoms with Crippen LogP contribution in [-0.2, 0) is 10.0 Å². The lowest BCUT2D eigenvalue weighted by Gasteiger charge is -2.27. The summed E-state index contributed by atoms with van der Waals surface area (Å²) in [5.41, 5.74) is 1.31. The number of nitrogens with one attached hydrogen (secondary N) is 2. The Morgan fingerprint density at radius 2 is 1.83 bits per heavy atom. The van der Waals surface area contributed by atoms with E-state index in [1.165, 1.54) is 29.0 Å². The zero-order valence-corrected chi connectivity index (χ0v) is 21.7. The number of aliphatic imine (C=N–C) groups is 1. The van der Waals surface area contributed by atoms with Crippen molar-refractivity contribution in [1.29, 1.82) is 0 Å². The second-order valence-electron chi connectivity index (χ2n) is 7.42. The Labute approximate surface area is 199 Å². The molecule has 7 nitrogen and oxygen atoms in total. The first-order valence-electron chi connectivity index (χ1n) is 10.7. The van der Waals surface area contributed by atoms with E-state index in [0.717, 1.165) is 32.0 Å². The Hall–Kier alpha value is -0.910. The molecule has 0 radical (unpaired) electrons. The fraction of sp³-hybridized carbons (Fsp3) is 0.667. The fourth-order valence-corrected chi connectivity index (χ4v) is 4.63. The molecular weight excluding hydrogens is 513 g/mol. The molecule has 1 fully saturated rings. The molecule has 9 heteroatoms. The van der Waals surface area contributed by atoms with Gasteiger partial charge in [0.25, 0.3) is 0 Å². The fourth-order valence-electron chi connectivity index (χ4n) is 3.70. The van der Waals surface area contributed by atoms with Gasteiger partial charge in [-0.15, -0.1) is 24.0 Å². The van der Waals surface area contributed by atoms with Gasteiger partial charge in [0.15, 0.2) is 5.96 Å². The van der Waals surface area contributed by atoms with E-state index in [1.54, 1.807) is 0 Å². The summed E-state index contributed by atoms with van der Waals surface area (Å²) in [5, 5.41) is 6.65. The Morgan fingerprint density at radius 1 is 1.17 bits per heavy atom. The second kappa shape index (κ2) is 14.2. The van der Waals surface area contributed by atoms with Crippen LogP contribution in [0.2, 0.25) is 0 Å². The maximum atomic E-state index is 11.7. The minimum atomic E-state index is -3.13. The van der Waals surface area contributed by atoms with E-state index in [-0.39, 0.29) is 30.0 Å². The Kier molecular flexibility index (Phi) is 12.8. The minimum absolute atomic E-state index is 0. The van der Waals surface area contributed by atoms with Gasteiger partial charge >= 0.3 is 0 Å². The molecule has 1 atom stereocenters. The number of likely N-dealkylation sites (tertiary alicyclic amines) is 1. The van der Waals surface area contributed by atoms with Crippen LogP contribution in [0, 0.1) is 0 Å². The van der Waals surface area contributed by atoms with Crippen molar-refractivity contribution in [3.05, 3.63) is 35.9 Å². The van der Waals surface area contributed by atoms with Crippen molar-refractivity contribution >= 4 is 40.0 Å². The molecular formula is C21H38IN5O2S. The van der Waals surface area contributed by atoms with Gasteiger partial charge in [-0.2, -0.15) is 0 Å². The lowest BCUT2D eigenvalue weighted by atomic mass is 10.1. The van der Waals surface area contributed by atoms with Crippen molar-refractivity contribution in [2.45, 2.75) is 39.2 Å². The second-order valence-corrected chi connectivity index (χ2v) is 9.41. The monoisotopic (exact) mass is 551 g/mol. The van der Waals surface area contributed by atoms with Crippen molar-refractivity contribution in [3.8, 4) is 0 Å². The average Bonchev–Trinajstić information content (AvgIpc) is 3.22. The molecule has 0 aromatic heterocycles. The number of nitrogens with zero attached hydrogens (tertiary/aromatic N) is 3. The van der Waals surface area contributed by atoms with Crippen LogP contribution in [0.15, 0.2) is 35.3 Å². The van der Waals surface area contributed by atoms with E-state index in [2.05, 4.69) is 52.8 Å². The van der Waals surface area contributed by atoms with Gasteiger partial charge in [0.05, 0.1) is 18.8 Å². The summed E-state index contributed by atoms with van der Waals surface area (Å²) in [4.78, 5) is 7.36. The van der Waals surface area contributed by atoms with Crippen molar-refractivity contribution in [3.63, 3.8) is 0 Å². The van der Waals surface area contributed by atoms with E-state index in [4.69, 9.17) is 4.99 Å². The van der Waals surface area contributed by atoms with Crippen LogP contribution in [0.25, 0.3) is 0 Å². The summed E-state index contributed by atoms with van der Waals surface area (Å²) < 4.78 is 24.9. The van der Waals surface area contributed by atoms with Gasteiger partial charge in [-0.1, -0.05) is 37.3 Å². The molecule has 2 rings (SSSR count). The van der Waals surface area contributed by atoms with Crippen LogP contribution in [-0.4, -0.2) is 75.7 Å². The molecule has 1 aliphatic rings. The first-order valence-corrected chi connectivity index (χ1v) is 12.6. The summed E-state index contributed by atoms with van der Waals surface area (Å²) in [6, 6.07) is 10.9. The Morgan fingerprint density at radius 3 is 2.40 bits per heavy atom. The number of guanidine groups is 1. The minimum Gasteiger partial charge on any atom is -0.357 e. The molecule has 1 aliphatic heterocycles. The normalized spacial score (nSPS) is 16.3. The van der Waals surface area contributed by atoms with Crippen molar-refractivity contribution in [1.82, 2.24) is 19.8 Å². The predicted molar refractivity (Wildman–Crippen MR) is 136 cm³/mol. The van der Waals surface area contributed by atoms with Crippen LogP contribution in [0.3, 0.4) is 0 Å². The lowest BCUT2D eigenvalue weighted by Crippen LogP contribution is -2.40. The highest BCUT2D eigenvalue weighted by molar-refractivity contribution is 14.0. The third kappa shape index (κ3) is 9.07. The number of sulfonamides is 1. The zero-order chi connectivity index (χ0) is 21.1. The summed E-state index contributed by atoms with van der Waals surface area (Å²) in [5.74, 6) is 0.787. The lowest BCUT2D eigenvalue weighted by molar-refractivity contribution is 0.251. The predicted octanol–water partition coefficient (Wildman–Crippen LogP) is 2.67. The summed E-state index contributed by atoms with van der Waals surface area (Å²) in [7, 11) is -3.13. The highest BCUT2D eigenvalue weighted by atomic mass is 127. The third-order valence-corrected chi connectivity index (χ3v) is 6.61. The molecule has 1 saturated heterocycles. The van der Waals surface area contributed by atoms with Crippen molar-refractivity contribution in [2.75, 3.05) is 52.1 Å². The molecule has 0 bridgehead atoms. The number of rotatable bonds is 11. The molecule has 2 N–H and O–H groups in total. The van der Waals surface area contributed by atoms with Crippen LogP contribution in [0.4, 0.5) is 0 Å². The highest BCUT2D eigenvalue weighted by Crippen LogP contribution is 2.25. The van der Waals surface area contributed by atoms with E-state index in [9.17, 15) is 8.42 Å². The Balaban J connectivity index is 0.00000450. The van der Waals surface area contributed by atoms with E-state index in [0.29, 0.717) is 26.2 Å². The van der Waals surface area contributed by atoms with Gasteiger partial charge in [0, 0.05) is 26.2 Å². The largest absolute Gasteiger partial charge is 0.357 e. The smallest absolute Gasteiger partial charge is 0.211 e. The zero-order valence-electron chi connectivity index (χ0n) is 18.5. The number of benzene rings is 1. The SMILES string of the molecule is CCNC(=NCC(c1ccccc1)N1CCCC1)NCCCN(CC)S(C)(=O)=O.I. The maximum absolute atomic E-state index is 11.7. The third-order valence-electron chi connectivity index (χ3n) is 5.23. The van der Waals surface area contributed by atoms with E-state index < -0.39 is 10.0 Å². The molecule has 1 unspecified atom stereocenters. The molecule has 30 heavy (non-hydrogen) atoms. The number of halogens is 1. The van der Waals surface area contributed by atoms with Gasteiger partial charge < -0.3 is 10.6 Å². The summed E-state index contributed by atoms with van der Waals surface area (Å²) in [6.45, 7) is 9.34. The average molecular weight is 552 g/mol. The molecule has 172 valence electrons. The molecule has 0 saturated carbocycles. The van der Waals surface area contributed by atoms with Gasteiger partial charge in [0.2, 0.25) is 10.0 Å². The topological polar surface area (TPSA) is 77.0 Å². The van der Waals surface area contributed by atoms with Crippen LogP contribution in [0.1, 0.15) is 44.7 Å². The van der Waals surface area contributed by atoms with Crippen molar-refractivity contribution in [2.24, 2.45) is 4.99 Å². The van der Waals surface area contributed by atoms with Crippen LogP contribution < -0.4 is 10.6 Å². The Bertz CT molecular complexity index is 724. The first-order chi connectivity index (χ1) is 14.0. The van der Waals surface area contributed by atoms with Crippen LogP contribution in [0.5, 0.6) is 0 Å². The first kappa shape index (κ1) is 27.1. The van der Waals surface area contributed by atoms with Gasteiger partial charge in [-0.25, -0.2) is 12.7 Å². The molecule has 0 spiro atoms. The van der Waals surface area contributed by atoms with E-state index in [1.807, 2.05) is 6.92 Å². The maximum Gasteiger partial charge on any atom is 0.211 e. The number of hydrogen-bond acceptors (Lipinski definition) is 4. The summed E-state index contributed by atoms with van der Waals surface area (Å²) >= 11 is 0. The highest BCUT2D eigenvalue weighted by Gasteiger charge is 2.23. The quantitative estimate of drug-likeness (QED) is 0.192. The van der Waals surface area contributed by atoms with Crippen LogP contribution >= 0.6 is 24.0 Å². The standard InChI is InChI=1S/C21H37N5O2S.HI/c1-4-22-21(23-14-11-17-26(5-2)29(3,27)28)24-18-20(25-15-9-10-16-25)19-12-7-6-8-13-19;/h6-8,12-13,20H,4-5,9-11,14-18H2,1-3H3,(H2,22,23,24);1H. The van der Waals surface area contributed by atoms with E-state index >= 15 is 0 Å². The molecule has 0 aliphatic carbocycles. The molecule has 0 amide bonds. The molecule has 1 aromatic rings. The van der Waals surface area contributed by atoms with Gasteiger partial charge in [0.1, 0.15) is 0 Å².